The van der Waals surface area contributed by atoms with Crippen LogP contribution in [0.1, 0.15) is 26.0 Å². The van der Waals surface area contributed by atoms with Crippen molar-refractivity contribution in [3.63, 3.8) is 0 Å². The number of anilines is 1. The zero-order valence-electron chi connectivity index (χ0n) is 10.0. The Kier molecular flexibility index (Phi) is 2.64. The van der Waals surface area contributed by atoms with Crippen LogP contribution in [0.25, 0.3) is 11.2 Å². The summed E-state index contributed by atoms with van der Waals surface area (Å²) < 4.78 is 7.63. The monoisotopic (exact) mass is 249 g/mol. The number of ether oxygens (including phenoxy) is 1. The second-order valence-electron chi connectivity index (χ2n) is 4.53. The van der Waals surface area contributed by atoms with Crippen molar-refractivity contribution in [2.75, 3.05) is 5.73 Å². The van der Waals surface area contributed by atoms with Gasteiger partial charge in [0.2, 0.25) is 0 Å². The normalized spacial score (nSPS) is 25.7. The lowest BCUT2D eigenvalue weighted by Gasteiger charge is -2.16. The van der Waals surface area contributed by atoms with E-state index >= 15 is 0 Å². The summed E-state index contributed by atoms with van der Waals surface area (Å²) >= 11 is 0. The molecule has 7 heteroatoms. The minimum absolute atomic E-state index is 0.133. The highest BCUT2D eigenvalue weighted by atomic mass is 16.5. The number of aromatic nitrogens is 4. The molecule has 1 fully saturated rings. The summed E-state index contributed by atoms with van der Waals surface area (Å²) in [5.41, 5.74) is 6.99. The van der Waals surface area contributed by atoms with Gasteiger partial charge in [-0.3, -0.25) is 4.57 Å². The fraction of sp³-hybridized carbons (Fsp3) is 0.545. The number of nitrogens with zero attached hydrogens (tertiary/aromatic N) is 4. The number of rotatable bonds is 2. The Hall–Kier alpha value is -1.73. The van der Waals surface area contributed by atoms with E-state index in [1.165, 1.54) is 6.33 Å². The second-order valence-corrected chi connectivity index (χ2v) is 4.53. The summed E-state index contributed by atoms with van der Waals surface area (Å²) in [4.78, 5) is 12.3. The summed E-state index contributed by atoms with van der Waals surface area (Å²) in [5, 5.41) is 9.53. The molecule has 1 saturated heterocycles. The summed E-state index contributed by atoms with van der Waals surface area (Å²) in [7, 11) is 0. The molecular formula is C11H15N5O2. The van der Waals surface area contributed by atoms with E-state index in [4.69, 9.17) is 10.5 Å². The average molecular weight is 249 g/mol. The van der Waals surface area contributed by atoms with Crippen molar-refractivity contribution >= 4 is 17.0 Å². The van der Waals surface area contributed by atoms with Crippen LogP contribution in [-0.4, -0.2) is 36.8 Å². The molecule has 18 heavy (non-hydrogen) atoms. The molecule has 0 aromatic carbocycles. The summed E-state index contributed by atoms with van der Waals surface area (Å²) in [6.07, 6.45) is 3.97. The maximum atomic E-state index is 9.53. The van der Waals surface area contributed by atoms with Crippen molar-refractivity contribution in [2.24, 2.45) is 0 Å². The Morgan fingerprint density at radius 2 is 2.28 bits per heavy atom. The van der Waals surface area contributed by atoms with Gasteiger partial charge in [-0.2, -0.15) is 0 Å². The van der Waals surface area contributed by atoms with Gasteiger partial charge in [0.15, 0.2) is 11.5 Å². The molecule has 1 aliphatic rings. The summed E-state index contributed by atoms with van der Waals surface area (Å²) in [5.74, 6) is 0.365. The predicted molar refractivity (Wildman–Crippen MR) is 64.6 cm³/mol. The summed E-state index contributed by atoms with van der Waals surface area (Å²) in [6, 6.07) is 0. The first-order valence-electron chi connectivity index (χ1n) is 5.93. The minimum atomic E-state index is -0.468. The van der Waals surface area contributed by atoms with Crippen molar-refractivity contribution in [2.45, 2.75) is 38.2 Å². The molecule has 3 rings (SSSR count). The molecule has 0 amide bonds. The molecule has 3 N–H and O–H groups in total. The van der Waals surface area contributed by atoms with Crippen LogP contribution in [0.3, 0.4) is 0 Å². The Bertz CT molecular complexity index is 568. The Morgan fingerprint density at radius 3 is 3.00 bits per heavy atom. The van der Waals surface area contributed by atoms with Crippen molar-refractivity contribution in [3.8, 4) is 0 Å². The summed E-state index contributed by atoms with van der Waals surface area (Å²) in [6.45, 7) is 1.74. The molecule has 0 aliphatic carbocycles. The molecular weight excluding hydrogens is 234 g/mol. The van der Waals surface area contributed by atoms with Crippen LogP contribution in [0.15, 0.2) is 12.7 Å². The smallest absolute Gasteiger partial charge is 0.167 e. The van der Waals surface area contributed by atoms with Crippen LogP contribution < -0.4 is 5.73 Å². The minimum Gasteiger partial charge on any atom is -0.391 e. The van der Waals surface area contributed by atoms with E-state index in [1.54, 1.807) is 13.3 Å². The van der Waals surface area contributed by atoms with E-state index in [-0.39, 0.29) is 12.3 Å². The molecule has 7 nitrogen and oxygen atoms in total. The molecule has 96 valence electrons. The molecule has 2 aromatic heterocycles. The van der Waals surface area contributed by atoms with E-state index in [0.29, 0.717) is 17.0 Å². The molecule has 0 spiro atoms. The van der Waals surface area contributed by atoms with E-state index in [1.807, 2.05) is 4.57 Å². The van der Waals surface area contributed by atoms with E-state index in [0.717, 1.165) is 12.8 Å². The van der Waals surface area contributed by atoms with Gasteiger partial charge >= 0.3 is 0 Å². The maximum absolute atomic E-state index is 9.53. The molecule has 0 bridgehead atoms. The quantitative estimate of drug-likeness (QED) is 0.802. The molecule has 2 aromatic rings. The Labute approximate surface area is 104 Å². The van der Waals surface area contributed by atoms with E-state index in [9.17, 15) is 5.11 Å². The van der Waals surface area contributed by atoms with Gasteiger partial charge in [0.25, 0.3) is 0 Å². The van der Waals surface area contributed by atoms with Gasteiger partial charge in [-0.1, -0.05) is 0 Å². The highest BCUT2D eigenvalue weighted by Crippen LogP contribution is 2.32. The molecule has 0 unspecified atom stereocenters. The molecule has 0 radical (unpaired) electrons. The van der Waals surface area contributed by atoms with Crippen LogP contribution in [0, 0.1) is 0 Å². The highest BCUT2D eigenvalue weighted by Gasteiger charge is 2.30. The van der Waals surface area contributed by atoms with Crippen LogP contribution in [0.5, 0.6) is 0 Å². The van der Waals surface area contributed by atoms with Gasteiger partial charge in [0.05, 0.1) is 18.5 Å². The zero-order valence-corrected chi connectivity index (χ0v) is 10.0. The molecule has 3 heterocycles. The van der Waals surface area contributed by atoms with Gasteiger partial charge in [-0.05, 0) is 19.8 Å². The number of nitrogen functional groups attached to an aromatic ring is 1. The Morgan fingerprint density at radius 1 is 1.44 bits per heavy atom. The van der Waals surface area contributed by atoms with Crippen molar-refractivity contribution in [3.05, 3.63) is 12.7 Å². The molecule has 0 saturated carbocycles. The van der Waals surface area contributed by atoms with Gasteiger partial charge in [0.1, 0.15) is 18.1 Å². The van der Waals surface area contributed by atoms with Crippen molar-refractivity contribution < 1.29 is 9.84 Å². The predicted octanol–water partition coefficient (Wildman–Crippen LogP) is 0.467. The average Bonchev–Trinajstić information content (AvgIpc) is 2.94. The number of imidazole rings is 1. The first kappa shape index (κ1) is 11.4. The first-order valence-corrected chi connectivity index (χ1v) is 5.93. The number of hydrogen-bond donors (Lipinski definition) is 2. The molecule has 1 aliphatic heterocycles. The lowest BCUT2D eigenvalue weighted by molar-refractivity contribution is -0.0515. The van der Waals surface area contributed by atoms with Gasteiger partial charge < -0.3 is 15.6 Å². The maximum Gasteiger partial charge on any atom is 0.167 e. The van der Waals surface area contributed by atoms with Crippen molar-refractivity contribution in [1.82, 2.24) is 19.5 Å². The van der Waals surface area contributed by atoms with Crippen LogP contribution in [0.2, 0.25) is 0 Å². The zero-order chi connectivity index (χ0) is 12.7. The lowest BCUT2D eigenvalue weighted by Crippen LogP contribution is -2.22. The molecule has 3 atom stereocenters. The lowest BCUT2D eigenvalue weighted by atomic mass is 10.1. The third kappa shape index (κ3) is 1.72. The SMILES string of the molecule is C[C@H](O)[C@@H]1CC[C@H](n2cnc3c(N)ncnc32)O1. The standard InChI is InChI=1S/C11H15N5O2/c1-6(17)7-2-3-8(18-7)16-5-15-9-10(12)13-4-14-11(9)16/h4-8,17H,2-3H2,1H3,(H2,12,13,14)/t6-,7-,8+/m0/s1. The topological polar surface area (TPSA) is 99.1 Å². The van der Waals surface area contributed by atoms with Crippen LogP contribution >= 0.6 is 0 Å². The fourth-order valence-corrected chi connectivity index (χ4v) is 2.29. The van der Waals surface area contributed by atoms with Gasteiger partial charge in [-0.25, -0.2) is 15.0 Å². The number of aliphatic hydroxyl groups excluding tert-OH is 1. The highest BCUT2D eigenvalue weighted by molar-refractivity contribution is 5.81. The fourth-order valence-electron chi connectivity index (χ4n) is 2.29. The second kappa shape index (κ2) is 4.18. The Balaban J connectivity index is 1.94. The van der Waals surface area contributed by atoms with Crippen molar-refractivity contribution in [1.29, 1.82) is 0 Å². The van der Waals surface area contributed by atoms with E-state index in [2.05, 4.69) is 15.0 Å². The van der Waals surface area contributed by atoms with Gasteiger partial charge in [-0.15, -0.1) is 0 Å². The third-order valence-electron chi connectivity index (χ3n) is 3.27. The number of aliphatic hydroxyl groups is 1. The third-order valence-corrected chi connectivity index (χ3v) is 3.27. The van der Waals surface area contributed by atoms with Crippen LogP contribution in [-0.2, 0) is 4.74 Å². The first-order chi connectivity index (χ1) is 8.66. The van der Waals surface area contributed by atoms with E-state index < -0.39 is 6.10 Å². The van der Waals surface area contributed by atoms with Crippen LogP contribution in [0.4, 0.5) is 5.82 Å². The number of fused-ring (bicyclic) bond motifs is 1. The number of hydrogen-bond acceptors (Lipinski definition) is 6. The number of nitrogens with two attached hydrogens (primary N) is 1. The van der Waals surface area contributed by atoms with Gasteiger partial charge in [0, 0.05) is 0 Å². The largest absolute Gasteiger partial charge is 0.391 e.